The number of anilines is 1. The van der Waals surface area contributed by atoms with Crippen LogP contribution in [0.15, 0.2) is 16.5 Å². The Labute approximate surface area is 88.2 Å². The second-order valence-electron chi connectivity index (χ2n) is 3.36. The number of carboxylic acids is 1. The number of rotatable bonds is 5. The van der Waals surface area contributed by atoms with Gasteiger partial charge in [-0.15, -0.1) is 0 Å². The van der Waals surface area contributed by atoms with Crippen LogP contribution in [0.1, 0.15) is 17.5 Å². The average molecular weight is 213 g/mol. The van der Waals surface area contributed by atoms with Crippen molar-refractivity contribution in [2.24, 2.45) is 0 Å². The van der Waals surface area contributed by atoms with Gasteiger partial charge in [-0.25, -0.2) is 4.79 Å². The number of ether oxygens (including phenoxy) is 1. The predicted octanol–water partition coefficient (Wildman–Crippen LogP) is 1.45. The van der Waals surface area contributed by atoms with Crippen LogP contribution < -0.4 is 4.90 Å². The first-order valence-electron chi connectivity index (χ1n) is 4.61. The van der Waals surface area contributed by atoms with Gasteiger partial charge in [0.1, 0.15) is 0 Å². The molecule has 5 nitrogen and oxygen atoms in total. The van der Waals surface area contributed by atoms with Crippen LogP contribution >= 0.6 is 0 Å². The highest BCUT2D eigenvalue weighted by atomic mass is 16.5. The largest absolute Gasteiger partial charge is 0.475 e. The van der Waals surface area contributed by atoms with Crippen LogP contribution in [-0.4, -0.2) is 37.9 Å². The normalized spacial score (nSPS) is 12.5. The summed E-state index contributed by atoms with van der Waals surface area (Å²) in [4.78, 5) is 12.4. The van der Waals surface area contributed by atoms with Gasteiger partial charge in [-0.3, -0.25) is 0 Å². The second-order valence-corrected chi connectivity index (χ2v) is 3.36. The van der Waals surface area contributed by atoms with Gasteiger partial charge in [-0.05, 0) is 13.0 Å². The first-order valence-corrected chi connectivity index (χ1v) is 4.61. The van der Waals surface area contributed by atoms with Crippen molar-refractivity contribution in [3.05, 3.63) is 17.9 Å². The molecule has 1 rings (SSSR count). The molecule has 0 bridgehead atoms. The molecular weight excluding hydrogens is 198 g/mol. The summed E-state index contributed by atoms with van der Waals surface area (Å²) in [7, 11) is 3.45. The van der Waals surface area contributed by atoms with Crippen molar-refractivity contribution in [2.45, 2.75) is 13.0 Å². The summed E-state index contributed by atoms with van der Waals surface area (Å²) in [5.41, 5.74) is 0. The molecule has 1 aromatic heterocycles. The van der Waals surface area contributed by atoms with Crippen molar-refractivity contribution < 1.29 is 19.1 Å². The Morgan fingerprint density at radius 1 is 1.67 bits per heavy atom. The minimum atomic E-state index is -1.06. The number of likely N-dealkylation sites (N-methyl/N-ethyl adjacent to an activating group) is 1. The quantitative estimate of drug-likeness (QED) is 0.802. The summed E-state index contributed by atoms with van der Waals surface area (Å²) in [6.07, 6.45) is 0. The molecular formula is C10H15NO4. The standard InChI is InChI=1S/C10H15NO4/c1-7(6-14-3)11(2)9-5-4-8(15-9)10(12)13/h4-5,7H,6H2,1-3H3,(H,12,13). The first-order chi connectivity index (χ1) is 7.06. The second kappa shape index (κ2) is 4.84. The zero-order valence-electron chi connectivity index (χ0n) is 9.06. The molecule has 0 aliphatic heterocycles. The third-order valence-corrected chi connectivity index (χ3v) is 2.22. The Morgan fingerprint density at radius 2 is 2.33 bits per heavy atom. The lowest BCUT2D eigenvalue weighted by molar-refractivity contribution is 0.0663. The number of carbonyl (C=O) groups is 1. The van der Waals surface area contributed by atoms with Gasteiger partial charge in [0.25, 0.3) is 0 Å². The van der Waals surface area contributed by atoms with E-state index in [9.17, 15) is 4.79 Å². The number of nitrogens with zero attached hydrogens (tertiary/aromatic N) is 1. The van der Waals surface area contributed by atoms with E-state index >= 15 is 0 Å². The van der Waals surface area contributed by atoms with E-state index in [-0.39, 0.29) is 11.8 Å². The van der Waals surface area contributed by atoms with Crippen LogP contribution in [0.2, 0.25) is 0 Å². The maximum atomic E-state index is 10.6. The molecule has 15 heavy (non-hydrogen) atoms. The summed E-state index contributed by atoms with van der Waals surface area (Å²) < 4.78 is 10.1. The monoisotopic (exact) mass is 213 g/mol. The molecule has 0 radical (unpaired) electrons. The molecule has 1 unspecified atom stereocenters. The highest BCUT2D eigenvalue weighted by Crippen LogP contribution is 2.19. The van der Waals surface area contributed by atoms with E-state index in [1.807, 2.05) is 18.9 Å². The van der Waals surface area contributed by atoms with Crippen molar-refractivity contribution in [3.63, 3.8) is 0 Å². The summed E-state index contributed by atoms with van der Waals surface area (Å²) in [6, 6.07) is 3.20. The van der Waals surface area contributed by atoms with Gasteiger partial charge in [-0.2, -0.15) is 0 Å². The fraction of sp³-hybridized carbons (Fsp3) is 0.500. The first kappa shape index (κ1) is 11.6. The topological polar surface area (TPSA) is 62.9 Å². The van der Waals surface area contributed by atoms with Crippen LogP contribution in [0.3, 0.4) is 0 Å². The van der Waals surface area contributed by atoms with E-state index < -0.39 is 5.97 Å². The lowest BCUT2D eigenvalue weighted by Crippen LogP contribution is -2.32. The number of methoxy groups -OCH3 is 1. The summed E-state index contributed by atoms with van der Waals surface area (Å²) in [5.74, 6) is -0.590. The average Bonchev–Trinajstić information content (AvgIpc) is 2.65. The van der Waals surface area contributed by atoms with E-state index in [1.54, 1.807) is 13.2 Å². The lowest BCUT2D eigenvalue weighted by atomic mass is 10.3. The number of furan rings is 1. The SMILES string of the molecule is COCC(C)N(C)c1ccc(C(=O)O)o1. The Morgan fingerprint density at radius 3 is 2.80 bits per heavy atom. The molecule has 0 aromatic carbocycles. The van der Waals surface area contributed by atoms with Gasteiger partial charge in [-0.1, -0.05) is 0 Å². The van der Waals surface area contributed by atoms with Crippen molar-refractivity contribution in [3.8, 4) is 0 Å². The molecule has 84 valence electrons. The van der Waals surface area contributed by atoms with Gasteiger partial charge >= 0.3 is 5.97 Å². The van der Waals surface area contributed by atoms with Crippen LogP contribution in [0.5, 0.6) is 0 Å². The predicted molar refractivity (Wildman–Crippen MR) is 55.4 cm³/mol. The van der Waals surface area contributed by atoms with Crippen LogP contribution in [0.25, 0.3) is 0 Å². The maximum Gasteiger partial charge on any atom is 0.371 e. The van der Waals surface area contributed by atoms with Crippen molar-refractivity contribution in [1.29, 1.82) is 0 Å². The van der Waals surface area contributed by atoms with Crippen molar-refractivity contribution >= 4 is 11.9 Å². The van der Waals surface area contributed by atoms with Crippen molar-refractivity contribution in [2.75, 3.05) is 25.7 Å². The third-order valence-electron chi connectivity index (χ3n) is 2.22. The lowest BCUT2D eigenvalue weighted by Gasteiger charge is -2.23. The van der Waals surface area contributed by atoms with Crippen LogP contribution in [0.4, 0.5) is 5.88 Å². The summed E-state index contributed by atoms with van der Waals surface area (Å²) in [6.45, 7) is 2.52. The van der Waals surface area contributed by atoms with E-state index in [0.717, 1.165) is 0 Å². The minimum absolute atomic E-state index is 0.0542. The molecule has 0 aliphatic rings. The summed E-state index contributed by atoms with van der Waals surface area (Å²) in [5, 5.41) is 8.68. The number of hydrogen-bond acceptors (Lipinski definition) is 4. The van der Waals surface area contributed by atoms with E-state index in [1.165, 1.54) is 6.07 Å². The number of hydrogen-bond donors (Lipinski definition) is 1. The molecule has 1 aromatic rings. The van der Waals surface area contributed by atoms with Crippen LogP contribution in [0, 0.1) is 0 Å². The molecule has 0 saturated carbocycles. The Hall–Kier alpha value is -1.49. The molecule has 0 fully saturated rings. The fourth-order valence-electron chi connectivity index (χ4n) is 1.20. The molecule has 0 aliphatic carbocycles. The maximum absolute atomic E-state index is 10.6. The number of aromatic carboxylic acids is 1. The van der Waals surface area contributed by atoms with Crippen LogP contribution in [-0.2, 0) is 4.74 Å². The van der Waals surface area contributed by atoms with Gasteiger partial charge in [0.15, 0.2) is 5.88 Å². The van der Waals surface area contributed by atoms with Gasteiger partial charge in [0, 0.05) is 20.2 Å². The van der Waals surface area contributed by atoms with Gasteiger partial charge in [0.2, 0.25) is 5.76 Å². The molecule has 5 heteroatoms. The van der Waals surface area contributed by atoms with Gasteiger partial charge < -0.3 is 19.2 Å². The zero-order chi connectivity index (χ0) is 11.4. The Kier molecular flexibility index (Phi) is 3.74. The molecule has 0 spiro atoms. The van der Waals surface area contributed by atoms with E-state index in [0.29, 0.717) is 12.5 Å². The summed E-state index contributed by atoms with van der Waals surface area (Å²) >= 11 is 0. The third kappa shape index (κ3) is 2.73. The van der Waals surface area contributed by atoms with Crippen molar-refractivity contribution in [1.82, 2.24) is 0 Å². The Balaban J connectivity index is 2.73. The Bertz CT molecular complexity index is 334. The molecule has 1 N–H and O–H groups in total. The minimum Gasteiger partial charge on any atom is -0.475 e. The zero-order valence-corrected chi connectivity index (χ0v) is 9.06. The number of carboxylic acid groups (broad SMARTS) is 1. The highest BCUT2D eigenvalue weighted by Gasteiger charge is 2.15. The smallest absolute Gasteiger partial charge is 0.371 e. The van der Waals surface area contributed by atoms with Gasteiger partial charge in [0.05, 0.1) is 12.6 Å². The highest BCUT2D eigenvalue weighted by molar-refractivity contribution is 5.84. The fourth-order valence-corrected chi connectivity index (χ4v) is 1.20. The molecule has 0 amide bonds. The van der Waals surface area contributed by atoms with E-state index in [4.69, 9.17) is 14.3 Å². The van der Waals surface area contributed by atoms with E-state index in [2.05, 4.69) is 0 Å². The molecule has 1 heterocycles. The molecule has 0 saturated heterocycles. The molecule has 1 atom stereocenters.